The van der Waals surface area contributed by atoms with Crippen molar-refractivity contribution < 1.29 is 27.4 Å². The summed E-state index contributed by atoms with van der Waals surface area (Å²) in [6, 6.07) is 5.06. The van der Waals surface area contributed by atoms with Gasteiger partial charge in [0.05, 0.1) is 29.3 Å². The molecule has 0 heterocycles. The number of amides is 1. The lowest BCUT2D eigenvalue weighted by Gasteiger charge is -2.18. The van der Waals surface area contributed by atoms with Gasteiger partial charge in [-0.05, 0) is 48.9 Å². The van der Waals surface area contributed by atoms with E-state index in [1.54, 1.807) is 13.0 Å². The Bertz CT molecular complexity index is 678. The minimum atomic E-state index is -4.24. The third-order valence-corrected chi connectivity index (χ3v) is 3.86. The van der Waals surface area contributed by atoms with Gasteiger partial charge >= 0.3 is 6.18 Å². The van der Waals surface area contributed by atoms with Gasteiger partial charge in [0.25, 0.3) is 5.91 Å². The lowest BCUT2D eigenvalue weighted by molar-refractivity contribution is -0.143. The zero-order chi connectivity index (χ0) is 20.4. The summed E-state index contributed by atoms with van der Waals surface area (Å²) in [4.78, 5) is 13.0. The van der Waals surface area contributed by atoms with Crippen molar-refractivity contribution in [1.29, 1.82) is 5.26 Å². The fourth-order valence-electron chi connectivity index (χ4n) is 2.19. The SMILES string of the molecule is CCOc1cc(C#N)cc(Br)c1OCC(=O)NCCCN(C)CC(F)(F)F. The number of halogens is 4. The maximum Gasteiger partial charge on any atom is 0.401 e. The fourth-order valence-corrected chi connectivity index (χ4v) is 2.74. The maximum absolute atomic E-state index is 12.2. The minimum absolute atomic E-state index is 0.205. The van der Waals surface area contributed by atoms with Crippen molar-refractivity contribution >= 4 is 21.8 Å². The van der Waals surface area contributed by atoms with Crippen molar-refractivity contribution in [2.45, 2.75) is 19.5 Å². The molecule has 0 spiro atoms. The summed E-state index contributed by atoms with van der Waals surface area (Å²) in [5.74, 6) is 0.230. The van der Waals surface area contributed by atoms with Crippen LogP contribution in [0.25, 0.3) is 0 Å². The van der Waals surface area contributed by atoms with Gasteiger partial charge in [-0.3, -0.25) is 9.69 Å². The van der Waals surface area contributed by atoms with E-state index in [2.05, 4.69) is 21.2 Å². The molecule has 1 rings (SSSR count). The van der Waals surface area contributed by atoms with Crippen LogP contribution in [0.5, 0.6) is 11.5 Å². The fraction of sp³-hybridized carbons (Fsp3) is 0.529. The third-order valence-electron chi connectivity index (χ3n) is 3.27. The zero-order valence-corrected chi connectivity index (χ0v) is 16.6. The van der Waals surface area contributed by atoms with E-state index in [9.17, 15) is 18.0 Å². The molecule has 1 aromatic carbocycles. The van der Waals surface area contributed by atoms with Crippen LogP contribution in [0.3, 0.4) is 0 Å². The lowest BCUT2D eigenvalue weighted by Crippen LogP contribution is -2.35. The molecule has 0 atom stereocenters. The van der Waals surface area contributed by atoms with Crippen molar-refractivity contribution in [2.75, 3.05) is 39.9 Å². The second-order valence-corrected chi connectivity index (χ2v) is 6.53. The zero-order valence-electron chi connectivity index (χ0n) is 15.0. The smallest absolute Gasteiger partial charge is 0.401 e. The predicted octanol–water partition coefficient (Wildman–Crippen LogP) is 3.10. The third kappa shape index (κ3) is 8.97. The van der Waals surface area contributed by atoms with Gasteiger partial charge in [0, 0.05) is 12.6 Å². The highest BCUT2D eigenvalue weighted by atomic mass is 79.9. The molecule has 0 aliphatic carbocycles. The first-order chi connectivity index (χ1) is 12.7. The molecule has 10 heteroatoms. The summed E-state index contributed by atoms with van der Waals surface area (Å²) in [7, 11) is 1.37. The van der Waals surface area contributed by atoms with Gasteiger partial charge in [0.2, 0.25) is 0 Å². The molecule has 0 bridgehead atoms. The number of nitriles is 1. The molecule has 0 aliphatic heterocycles. The number of hydrogen-bond donors (Lipinski definition) is 1. The Morgan fingerprint density at radius 3 is 2.67 bits per heavy atom. The number of nitrogens with one attached hydrogen (secondary N) is 1. The Morgan fingerprint density at radius 1 is 1.37 bits per heavy atom. The summed E-state index contributed by atoms with van der Waals surface area (Å²) >= 11 is 3.28. The van der Waals surface area contributed by atoms with Crippen molar-refractivity contribution in [3.8, 4) is 17.6 Å². The van der Waals surface area contributed by atoms with Crippen molar-refractivity contribution in [3.05, 3.63) is 22.2 Å². The maximum atomic E-state index is 12.2. The van der Waals surface area contributed by atoms with Gasteiger partial charge in [-0.1, -0.05) is 0 Å². The molecule has 6 nitrogen and oxygen atoms in total. The molecule has 1 aromatic rings. The van der Waals surface area contributed by atoms with Gasteiger partial charge in [0.1, 0.15) is 0 Å². The highest BCUT2D eigenvalue weighted by Gasteiger charge is 2.28. The number of ether oxygens (including phenoxy) is 2. The van der Waals surface area contributed by atoms with E-state index in [4.69, 9.17) is 14.7 Å². The highest BCUT2D eigenvalue weighted by molar-refractivity contribution is 9.10. The summed E-state index contributed by atoms with van der Waals surface area (Å²) in [6.07, 6.45) is -3.86. The molecule has 27 heavy (non-hydrogen) atoms. The van der Waals surface area contributed by atoms with Crippen LogP contribution in [0, 0.1) is 11.3 Å². The number of hydrogen-bond acceptors (Lipinski definition) is 5. The molecule has 1 N–H and O–H groups in total. The summed E-state index contributed by atoms with van der Waals surface area (Å²) in [5, 5.41) is 11.6. The number of benzene rings is 1. The first-order valence-corrected chi connectivity index (χ1v) is 8.96. The van der Waals surface area contributed by atoms with Crippen LogP contribution >= 0.6 is 15.9 Å². The second-order valence-electron chi connectivity index (χ2n) is 5.68. The van der Waals surface area contributed by atoms with Gasteiger partial charge in [0.15, 0.2) is 18.1 Å². The van der Waals surface area contributed by atoms with Crippen LogP contribution < -0.4 is 14.8 Å². The lowest BCUT2D eigenvalue weighted by atomic mass is 10.2. The van der Waals surface area contributed by atoms with Crippen molar-refractivity contribution in [2.24, 2.45) is 0 Å². The number of rotatable bonds is 10. The molecular weight excluding hydrogens is 431 g/mol. The Morgan fingerprint density at radius 2 is 2.07 bits per heavy atom. The normalized spacial score (nSPS) is 11.2. The Labute approximate surface area is 164 Å². The molecular formula is C17H21BrF3N3O3. The molecule has 0 saturated heterocycles. The van der Waals surface area contributed by atoms with Gasteiger partial charge in [-0.25, -0.2) is 0 Å². The topological polar surface area (TPSA) is 74.6 Å². The van der Waals surface area contributed by atoms with Gasteiger partial charge < -0.3 is 14.8 Å². The van der Waals surface area contributed by atoms with E-state index in [0.717, 1.165) is 4.90 Å². The number of carbonyl (C=O) groups excluding carboxylic acids is 1. The number of nitrogens with zero attached hydrogens (tertiary/aromatic N) is 2. The van der Waals surface area contributed by atoms with E-state index in [-0.39, 0.29) is 19.7 Å². The molecule has 150 valence electrons. The van der Waals surface area contributed by atoms with Crippen LogP contribution in [0.1, 0.15) is 18.9 Å². The van der Waals surface area contributed by atoms with Crippen LogP contribution in [0.2, 0.25) is 0 Å². The average Bonchev–Trinajstić information content (AvgIpc) is 2.56. The molecule has 0 saturated carbocycles. The van der Waals surface area contributed by atoms with Crippen molar-refractivity contribution in [3.63, 3.8) is 0 Å². The van der Waals surface area contributed by atoms with Gasteiger partial charge in [-0.15, -0.1) is 0 Å². The van der Waals surface area contributed by atoms with E-state index in [1.165, 1.54) is 13.1 Å². The predicted molar refractivity (Wildman–Crippen MR) is 96.7 cm³/mol. The Hall–Kier alpha value is -1.99. The molecule has 0 unspecified atom stereocenters. The van der Waals surface area contributed by atoms with Crippen LogP contribution in [-0.2, 0) is 4.79 Å². The first kappa shape index (κ1) is 23.0. The first-order valence-electron chi connectivity index (χ1n) is 8.17. The molecule has 0 fully saturated rings. The molecule has 1 amide bonds. The quantitative estimate of drug-likeness (QED) is 0.553. The Kier molecular flexibility index (Phi) is 9.38. The average molecular weight is 452 g/mol. The van der Waals surface area contributed by atoms with E-state index < -0.39 is 18.6 Å². The van der Waals surface area contributed by atoms with Crippen LogP contribution in [0.15, 0.2) is 16.6 Å². The van der Waals surface area contributed by atoms with Crippen LogP contribution in [0.4, 0.5) is 13.2 Å². The minimum Gasteiger partial charge on any atom is -0.490 e. The summed E-state index contributed by atoms with van der Waals surface area (Å²) < 4.78 is 48.0. The van der Waals surface area contributed by atoms with E-state index >= 15 is 0 Å². The second kappa shape index (κ2) is 11.0. The summed E-state index contributed by atoms with van der Waals surface area (Å²) in [6.45, 7) is 1.29. The monoisotopic (exact) mass is 451 g/mol. The number of alkyl halides is 3. The summed E-state index contributed by atoms with van der Waals surface area (Å²) in [5.41, 5.74) is 0.380. The van der Waals surface area contributed by atoms with Crippen LogP contribution in [-0.4, -0.2) is 56.9 Å². The highest BCUT2D eigenvalue weighted by Crippen LogP contribution is 2.36. The van der Waals surface area contributed by atoms with Crippen molar-refractivity contribution in [1.82, 2.24) is 10.2 Å². The molecule has 0 aliphatic rings. The van der Waals surface area contributed by atoms with Gasteiger partial charge in [-0.2, -0.15) is 18.4 Å². The number of carbonyl (C=O) groups is 1. The molecule has 0 radical (unpaired) electrons. The molecule has 0 aromatic heterocycles. The van der Waals surface area contributed by atoms with E-state index in [0.29, 0.717) is 34.6 Å². The largest absolute Gasteiger partial charge is 0.490 e. The standard InChI is InChI=1S/C17H21BrF3N3O3/c1-3-26-14-8-12(9-22)7-13(18)16(14)27-10-15(25)23-5-4-6-24(2)11-17(19,20)21/h7-8H,3-6,10-11H2,1-2H3,(H,23,25). The van der Waals surface area contributed by atoms with E-state index in [1.807, 2.05) is 6.07 Å². The Balaban J connectivity index is 2.45.